The first-order valence-electron chi connectivity index (χ1n) is 10.2. The van der Waals surface area contributed by atoms with Crippen LogP contribution >= 0.6 is 11.8 Å². The van der Waals surface area contributed by atoms with Gasteiger partial charge in [0.05, 0.1) is 18.4 Å². The van der Waals surface area contributed by atoms with E-state index in [1.807, 2.05) is 71.3 Å². The van der Waals surface area contributed by atoms with Crippen LogP contribution in [0.3, 0.4) is 0 Å². The molecule has 4 rings (SSSR count). The molecule has 160 valence electrons. The van der Waals surface area contributed by atoms with Crippen LogP contribution < -0.4 is 4.74 Å². The minimum Gasteiger partial charge on any atom is -0.496 e. The molecule has 0 fully saturated rings. The average molecular weight is 442 g/mol. The lowest BCUT2D eigenvalue weighted by molar-refractivity contribution is 0.102. The number of methoxy groups -OCH3 is 1. The number of carbonyl (C=O) groups is 1. The van der Waals surface area contributed by atoms with Gasteiger partial charge in [0.1, 0.15) is 5.75 Å². The second-order valence-corrected chi connectivity index (χ2v) is 8.00. The van der Waals surface area contributed by atoms with Gasteiger partial charge in [0.2, 0.25) is 0 Å². The van der Waals surface area contributed by atoms with E-state index in [9.17, 15) is 4.79 Å². The summed E-state index contributed by atoms with van der Waals surface area (Å²) in [6.07, 6.45) is 1.79. The Kier molecular flexibility index (Phi) is 6.82. The Balaban J connectivity index is 1.50. The van der Waals surface area contributed by atoms with Crippen LogP contribution in [0, 0.1) is 0 Å². The van der Waals surface area contributed by atoms with E-state index in [0.29, 0.717) is 23.1 Å². The monoisotopic (exact) mass is 441 g/mol. The molecule has 0 saturated heterocycles. The number of benzene rings is 3. The van der Waals surface area contributed by atoms with Gasteiger partial charge in [-0.05, 0) is 23.3 Å². The Hall–Kier alpha value is -3.64. The van der Waals surface area contributed by atoms with E-state index in [2.05, 4.69) is 28.9 Å². The fourth-order valence-corrected chi connectivity index (χ4v) is 4.25. The highest BCUT2D eigenvalue weighted by molar-refractivity contribution is 7.99. The van der Waals surface area contributed by atoms with Gasteiger partial charge in [-0.3, -0.25) is 9.36 Å². The van der Waals surface area contributed by atoms with Crippen molar-refractivity contribution in [3.63, 3.8) is 0 Å². The van der Waals surface area contributed by atoms with E-state index < -0.39 is 0 Å². The molecule has 0 N–H and O–H groups in total. The molecule has 0 unspecified atom stereocenters. The van der Waals surface area contributed by atoms with Crippen molar-refractivity contribution >= 4 is 17.5 Å². The third kappa shape index (κ3) is 4.65. The summed E-state index contributed by atoms with van der Waals surface area (Å²) in [7, 11) is 1.63. The molecular weight excluding hydrogens is 418 g/mol. The molecular formula is C26H23N3O2S. The first kappa shape index (κ1) is 21.6. The minimum absolute atomic E-state index is 0.0432. The van der Waals surface area contributed by atoms with Gasteiger partial charge in [-0.25, -0.2) is 0 Å². The molecule has 0 aliphatic heterocycles. The van der Waals surface area contributed by atoms with Crippen LogP contribution in [-0.4, -0.2) is 33.4 Å². The van der Waals surface area contributed by atoms with E-state index in [1.54, 1.807) is 13.2 Å². The lowest BCUT2D eigenvalue weighted by Gasteiger charge is -2.10. The molecule has 32 heavy (non-hydrogen) atoms. The molecule has 0 aliphatic carbocycles. The van der Waals surface area contributed by atoms with Crippen LogP contribution in [0.2, 0.25) is 0 Å². The number of para-hydroxylation sites is 1. The molecule has 3 aromatic carbocycles. The van der Waals surface area contributed by atoms with Crippen LogP contribution in [0.15, 0.2) is 96.7 Å². The van der Waals surface area contributed by atoms with Crippen molar-refractivity contribution < 1.29 is 9.53 Å². The number of hydrogen-bond donors (Lipinski definition) is 0. The standard InChI is InChI=1S/C26H23N3O2S/c1-3-17-29-25(22-11-7-8-12-24(22)31-2)27-28-26(29)32-18-23(30)21-15-13-20(14-16-21)19-9-5-4-6-10-19/h3-16H,1,17-18H2,2H3. The summed E-state index contributed by atoms with van der Waals surface area (Å²) in [5.74, 6) is 1.72. The molecule has 0 aliphatic rings. The van der Waals surface area contributed by atoms with Gasteiger partial charge in [0.15, 0.2) is 16.8 Å². The Labute approximate surface area is 191 Å². The molecule has 0 saturated carbocycles. The zero-order valence-corrected chi connectivity index (χ0v) is 18.6. The third-order valence-corrected chi connectivity index (χ3v) is 5.99. The maximum atomic E-state index is 12.8. The fourth-order valence-electron chi connectivity index (χ4n) is 3.41. The van der Waals surface area contributed by atoms with Crippen molar-refractivity contribution in [2.75, 3.05) is 12.9 Å². The predicted octanol–water partition coefficient (Wildman–Crippen LogP) is 5.78. The number of allylic oxidation sites excluding steroid dienone is 1. The van der Waals surface area contributed by atoms with Crippen molar-refractivity contribution in [1.82, 2.24) is 14.8 Å². The van der Waals surface area contributed by atoms with Gasteiger partial charge in [0.25, 0.3) is 0 Å². The van der Waals surface area contributed by atoms with Crippen LogP contribution in [0.1, 0.15) is 10.4 Å². The molecule has 5 nitrogen and oxygen atoms in total. The first-order valence-corrected chi connectivity index (χ1v) is 11.2. The van der Waals surface area contributed by atoms with Crippen molar-refractivity contribution in [2.45, 2.75) is 11.7 Å². The molecule has 0 amide bonds. The van der Waals surface area contributed by atoms with E-state index in [0.717, 1.165) is 22.4 Å². The van der Waals surface area contributed by atoms with Crippen molar-refractivity contribution in [1.29, 1.82) is 0 Å². The Bertz CT molecular complexity index is 1220. The zero-order valence-electron chi connectivity index (χ0n) is 17.8. The largest absolute Gasteiger partial charge is 0.496 e. The molecule has 4 aromatic rings. The number of aromatic nitrogens is 3. The normalized spacial score (nSPS) is 10.7. The summed E-state index contributed by atoms with van der Waals surface area (Å²) >= 11 is 1.37. The summed E-state index contributed by atoms with van der Waals surface area (Å²) in [4.78, 5) is 12.8. The fraction of sp³-hybridized carbons (Fsp3) is 0.115. The maximum Gasteiger partial charge on any atom is 0.192 e. The smallest absolute Gasteiger partial charge is 0.192 e. The zero-order chi connectivity index (χ0) is 22.3. The number of ketones is 1. The number of Topliss-reactive ketones (excluding diaryl/α,β-unsaturated/α-hetero) is 1. The maximum absolute atomic E-state index is 12.8. The van der Waals surface area contributed by atoms with E-state index in [4.69, 9.17) is 4.74 Å². The molecule has 0 spiro atoms. The first-order chi connectivity index (χ1) is 15.7. The summed E-state index contributed by atoms with van der Waals surface area (Å²) in [5, 5.41) is 9.36. The topological polar surface area (TPSA) is 57.0 Å². The lowest BCUT2D eigenvalue weighted by Crippen LogP contribution is -2.05. The average Bonchev–Trinajstić information content (AvgIpc) is 3.25. The summed E-state index contributed by atoms with van der Waals surface area (Å²) in [6, 6.07) is 25.5. The van der Waals surface area contributed by atoms with E-state index >= 15 is 0 Å². The molecule has 1 heterocycles. The van der Waals surface area contributed by atoms with Crippen LogP contribution in [0.4, 0.5) is 0 Å². The van der Waals surface area contributed by atoms with E-state index in [-0.39, 0.29) is 11.5 Å². The highest BCUT2D eigenvalue weighted by Gasteiger charge is 2.18. The summed E-state index contributed by atoms with van der Waals surface area (Å²) in [6.45, 7) is 4.38. The number of nitrogens with zero attached hydrogens (tertiary/aromatic N) is 3. The van der Waals surface area contributed by atoms with Crippen molar-refractivity contribution in [3.05, 3.63) is 97.1 Å². The molecule has 0 atom stereocenters. The highest BCUT2D eigenvalue weighted by atomic mass is 32.2. The van der Waals surface area contributed by atoms with Crippen molar-refractivity contribution in [3.8, 4) is 28.3 Å². The number of thioether (sulfide) groups is 1. The lowest BCUT2D eigenvalue weighted by atomic mass is 10.0. The van der Waals surface area contributed by atoms with Gasteiger partial charge in [-0.15, -0.1) is 16.8 Å². The quantitative estimate of drug-likeness (QED) is 0.187. The molecule has 6 heteroatoms. The third-order valence-electron chi connectivity index (χ3n) is 5.02. The Morgan fingerprint density at radius 2 is 1.66 bits per heavy atom. The Morgan fingerprint density at radius 1 is 0.969 bits per heavy atom. The van der Waals surface area contributed by atoms with Gasteiger partial charge in [0, 0.05) is 12.1 Å². The van der Waals surface area contributed by atoms with Gasteiger partial charge < -0.3 is 4.74 Å². The van der Waals surface area contributed by atoms with E-state index in [1.165, 1.54) is 11.8 Å². The van der Waals surface area contributed by atoms with Gasteiger partial charge in [-0.1, -0.05) is 84.6 Å². The van der Waals surface area contributed by atoms with Gasteiger partial charge in [-0.2, -0.15) is 0 Å². The van der Waals surface area contributed by atoms with Crippen LogP contribution in [0.5, 0.6) is 5.75 Å². The number of ether oxygens (including phenoxy) is 1. The highest BCUT2D eigenvalue weighted by Crippen LogP contribution is 2.31. The van der Waals surface area contributed by atoms with Gasteiger partial charge >= 0.3 is 0 Å². The predicted molar refractivity (Wildman–Crippen MR) is 129 cm³/mol. The summed E-state index contributed by atoms with van der Waals surface area (Å²) in [5.41, 5.74) is 3.74. The SMILES string of the molecule is C=CCn1c(SCC(=O)c2ccc(-c3ccccc3)cc2)nnc1-c1ccccc1OC. The number of carbonyl (C=O) groups excluding carboxylic acids is 1. The summed E-state index contributed by atoms with van der Waals surface area (Å²) < 4.78 is 7.42. The van der Waals surface area contributed by atoms with Crippen LogP contribution in [-0.2, 0) is 6.54 Å². The number of hydrogen-bond acceptors (Lipinski definition) is 5. The molecule has 1 aromatic heterocycles. The minimum atomic E-state index is 0.0432. The second kappa shape index (κ2) is 10.1. The molecule has 0 bridgehead atoms. The van der Waals surface area contributed by atoms with Crippen molar-refractivity contribution in [2.24, 2.45) is 0 Å². The van der Waals surface area contributed by atoms with Crippen LogP contribution in [0.25, 0.3) is 22.5 Å². The second-order valence-electron chi connectivity index (χ2n) is 7.06. The Morgan fingerprint density at radius 3 is 2.38 bits per heavy atom. The molecule has 0 radical (unpaired) electrons. The number of rotatable bonds is 9.